The molecule has 0 aromatic heterocycles. The van der Waals surface area contributed by atoms with Crippen LogP contribution in [0.3, 0.4) is 0 Å². The number of hydrogen-bond donors (Lipinski definition) is 2. The van der Waals surface area contributed by atoms with E-state index in [1.807, 2.05) is 0 Å². The van der Waals surface area contributed by atoms with Gasteiger partial charge in [-0.2, -0.15) is 0 Å². The van der Waals surface area contributed by atoms with Gasteiger partial charge in [0.05, 0.1) is 6.42 Å². The fourth-order valence-electron chi connectivity index (χ4n) is 2.49. The standard InChI is InChI=1S/C16H13F2NO2/c1-8-4-11(13(18)7-12(8)17)16(21)9-2-3-14-10(5-9)6-15(20)19-14/h2-5,7,16,21H,6H2,1H3,(H,19,20). The number of aliphatic hydroxyl groups is 1. The molecule has 1 amide bonds. The molecule has 1 unspecified atom stereocenters. The molecule has 5 heteroatoms. The van der Waals surface area contributed by atoms with Crippen molar-refractivity contribution in [3.8, 4) is 0 Å². The van der Waals surface area contributed by atoms with Crippen molar-refractivity contribution >= 4 is 11.6 Å². The lowest BCUT2D eigenvalue weighted by Gasteiger charge is -2.14. The second-order valence-corrected chi connectivity index (χ2v) is 5.17. The predicted molar refractivity (Wildman–Crippen MR) is 73.9 cm³/mol. The Morgan fingerprint density at radius 1 is 1.19 bits per heavy atom. The third-order valence-corrected chi connectivity index (χ3v) is 3.64. The largest absolute Gasteiger partial charge is 0.384 e. The van der Waals surface area contributed by atoms with Crippen LogP contribution < -0.4 is 5.32 Å². The average molecular weight is 289 g/mol. The maximum atomic E-state index is 13.8. The van der Waals surface area contributed by atoms with Crippen LogP contribution in [-0.2, 0) is 11.2 Å². The molecule has 1 aliphatic heterocycles. The van der Waals surface area contributed by atoms with Crippen LogP contribution in [0.4, 0.5) is 14.5 Å². The van der Waals surface area contributed by atoms with Crippen LogP contribution in [0.1, 0.15) is 28.4 Å². The highest BCUT2D eigenvalue weighted by atomic mass is 19.1. The van der Waals surface area contributed by atoms with E-state index in [0.29, 0.717) is 11.3 Å². The lowest BCUT2D eigenvalue weighted by atomic mass is 9.97. The zero-order valence-corrected chi connectivity index (χ0v) is 11.3. The van der Waals surface area contributed by atoms with Gasteiger partial charge < -0.3 is 10.4 Å². The summed E-state index contributed by atoms with van der Waals surface area (Å²) in [5.41, 5.74) is 2.22. The van der Waals surface area contributed by atoms with Crippen LogP contribution in [0.15, 0.2) is 30.3 Å². The van der Waals surface area contributed by atoms with Gasteiger partial charge in [0, 0.05) is 17.3 Å². The quantitative estimate of drug-likeness (QED) is 0.893. The van der Waals surface area contributed by atoms with Gasteiger partial charge >= 0.3 is 0 Å². The second-order valence-electron chi connectivity index (χ2n) is 5.17. The number of amides is 1. The molecule has 0 aliphatic carbocycles. The number of fused-ring (bicyclic) bond motifs is 1. The Hall–Kier alpha value is -2.27. The number of aryl methyl sites for hydroxylation is 1. The van der Waals surface area contributed by atoms with Gasteiger partial charge in [0.1, 0.15) is 17.7 Å². The summed E-state index contributed by atoms with van der Waals surface area (Å²) < 4.78 is 27.1. The molecule has 1 atom stereocenters. The molecule has 0 spiro atoms. The van der Waals surface area contributed by atoms with E-state index >= 15 is 0 Å². The number of anilines is 1. The van der Waals surface area contributed by atoms with E-state index in [2.05, 4.69) is 5.32 Å². The van der Waals surface area contributed by atoms with E-state index in [-0.39, 0.29) is 23.5 Å². The highest BCUT2D eigenvalue weighted by Crippen LogP contribution is 2.31. The Balaban J connectivity index is 2.00. The van der Waals surface area contributed by atoms with Crippen molar-refractivity contribution in [2.24, 2.45) is 0 Å². The Bertz CT molecular complexity index is 743. The summed E-state index contributed by atoms with van der Waals surface area (Å²) in [6, 6.07) is 7.02. The fourth-order valence-corrected chi connectivity index (χ4v) is 2.49. The first kappa shape index (κ1) is 13.7. The molecule has 0 bridgehead atoms. The number of benzene rings is 2. The summed E-state index contributed by atoms with van der Waals surface area (Å²) in [5, 5.41) is 13.0. The minimum absolute atomic E-state index is 0.0196. The van der Waals surface area contributed by atoms with E-state index in [1.54, 1.807) is 18.2 Å². The molecule has 2 N–H and O–H groups in total. The van der Waals surface area contributed by atoms with Crippen LogP contribution in [0, 0.1) is 18.6 Å². The maximum Gasteiger partial charge on any atom is 0.228 e. The SMILES string of the molecule is Cc1cc(C(O)c2ccc3c(c2)CC(=O)N3)c(F)cc1F. The van der Waals surface area contributed by atoms with Crippen molar-refractivity contribution in [2.45, 2.75) is 19.4 Å². The first-order valence-electron chi connectivity index (χ1n) is 6.52. The van der Waals surface area contributed by atoms with E-state index in [9.17, 15) is 18.7 Å². The van der Waals surface area contributed by atoms with Gasteiger partial charge in [-0.15, -0.1) is 0 Å². The van der Waals surface area contributed by atoms with Crippen molar-refractivity contribution in [1.29, 1.82) is 0 Å². The fraction of sp³-hybridized carbons (Fsp3) is 0.188. The number of nitrogens with one attached hydrogen (secondary N) is 1. The van der Waals surface area contributed by atoms with Crippen molar-refractivity contribution in [2.75, 3.05) is 5.32 Å². The van der Waals surface area contributed by atoms with Crippen LogP contribution in [0.5, 0.6) is 0 Å². The van der Waals surface area contributed by atoms with Gasteiger partial charge in [0.2, 0.25) is 5.91 Å². The van der Waals surface area contributed by atoms with Gasteiger partial charge in [-0.3, -0.25) is 4.79 Å². The number of carbonyl (C=O) groups is 1. The van der Waals surface area contributed by atoms with Crippen LogP contribution >= 0.6 is 0 Å². The van der Waals surface area contributed by atoms with Crippen molar-refractivity contribution < 1.29 is 18.7 Å². The Kier molecular flexibility index (Phi) is 3.22. The number of carbonyl (C=O) groups excluding carboxylic acids is 1. The normalized spacial score (nSPS) is 14.8. The number of halogens is 2. The number of rotatable bonds is 2. The van der Waals surface area contributed by atoms with Crippen LogP contribution in [0.2, 0.25) is 0 Å². The molecule has 3 rings (SSSR count). The number of aliphatic hydroxyl groups excluding tert-OH is 1. The van der Waals surface area contributed by atoms with E-state index in [4.69, 9.17) is 0 Å². The molecule has 108 valence electrons. The topological polar surface area (TPSA) is 49.3 Å². The van der Waals surface area contributed by atoms with Gasteiger partial charge in [-0.05, 0) is 35.7 Å². The van der Waals surface area contributed by atoms with Gasteiger partial charge in [0.15, 0.2) is 0 Å². The summed E-state index contributed by atoms with van der Waals surface area (Å²) >= 11 is 0. The monoisotopic (exact) mass is 289 g/mol. The predicted octanol–water partition coefficient (Wildman–Crippen LogP) is 2.85. The highest BCUT2D eigenvalue weighted by Gasteiger charge is 2.22. The zero-order valence-electron chi connectivity index (χ0n) is 11.3. The second kappa shape index (κ2) is 4.93. The maximum absolute atomic E-state index is 13.8. The van der Waals surface area contributed by atoms with E-state index in [0.717, 1.165) is 11.6 Å². The Morgan fingerprint density at radius 3 is 2.71 bits per heavy atom. The molecule has 3 nitrogen and oxygen atoms in total. The third-order valence-electron chi connectivity index (χ3n) is 3.64. The summed E-state index contributed by atoms with van der Waals surface area (Å²) in [7, 11) is 0. The minimum atomic E-state index is -1.20. The van der Waals surface area contributed by atoms with Crippen molar-refractivity contribution in [1.82, 2.24) is 0 Å². The molecule has 0 saturated heterocycles. The molecule has 1 heterocycles. The molecular formula is C16H13F2NO2. The van der Waals surface area contributed by atoms with Gasteiger partial charge in [-0.25, -0.2) is 8.78 Å². The van der Waals surface area contributed by atoms with E-state index < -0.39 is 17.7 Å². The average Bonchev–Trinajstić information content (AvgIpc) is 2.81. The lowest BCUT2D eigenvalue weighted by molar-refractivity contribution is -0.115. The molecule has 1 aliphatic rings. The van der Waals surface area contributed by atoms with Crippen molar-refractivity contribution in [3.63, 3.8) is 0 Å². The summed E-state index contributed by atoms with van der Waals surface area (Å²) in [4.78, 5) is 11.3. The minimum Gasteiger partial charge on any atom is -0.384 e. The number of hydrogen-bond acceptors (Lipinski definition) is 2. The van der Waals surface area contributed by atoms with Gasteiger partial charge in [-0.1, -0.05) is 12.1 Å². The summed E-state index contributed by atoms with van der Waals surface area (Å²) in [6.07, 6.45) is -0.966. The molecule has 21 heavy (non-hydrogen) atoms. The molecular weight excluding hydrogens is 276 g/mol. The third kappa shape index (κ3) is 2.40. The molecule has 0 saturated carbocycles. The molecule has 2 aromatic carbocycles. The first-order chi connectivity index (χ1) is 9.95. The van der Waals surface area contributed by atoms with Crippen molar-refractivity contribution in [3.05, 3.63) is 64.2 Å². The lowest BCUT2D eigenvalue weighted by Crippen LogP contribution is -2.04. The zero-order chi connectivity index (χ0) is 15.1. The smallest absolute Gasteiger partial charge is 0.228 e. The highest BCUT2D eigenvalue weighted by molar-refractivity contribution is 5.99. The first-order valence-corrected chi connectivity index (χ1v) is 6.52. The molecule has 0 fully saturated rings. The Labute approximate surface area is 120 Å². The molecule has 0 radical (unpaired) electrons. The van der Waals surface area contributed by atoms with Crippen LogP contribution in [0.25, 0.3) is 0 Å². The Morgan fingerprint density at radius 2 is 1.95 bits per heavy atom. The van der Waals surface area contributed by atoms with Crippen LogP contribution in [-0.4, -0.2) is 11.0 Å². The summed E-state index contributed by atoms with van der Waals surface area (Å²) in [5.74, 6) is -1.55. The summed E-state index contributed by atoms with van der Waals surface area (Å²) in [6.45, 7) is 1.51. The van der Waals surface area contributed by atoms with Gasteiger partial charge in [0.25, 0.3) is 0 Å². The molecule has 2 aromatic rings. The van der Waals surface area contributed by atoms with E-state index in [1.165, 1.54) is 13.0 Å².